The van der Waals surface area contributed by atoms with Crippen LogP contribution in [0.1, 0.15) is 13.8 Å². The number of rotatable bonds is 3. The highest BCUT2D eigenvalue weighted by atomic mass is 79.9. The Kier molecular flexibility index (Phi) is 4.22. The lowest BCUT2D eigenvalue weighted by atomic mass is 10.2. The molecule has 2 rings (SSSR count). The summed E-state index contributed by atoms with van der Waals surface area (Å²) in [6.07, 6.45) is 1.25. The second kappa shape index (κ2) is 5.77. The van der Waals surface area contributed by atoms with Crippen molar-refractivity contribution < 1.29 is 23.8 Å². The lowest BCUT2D eigenvalue weighted by Crippen LogP contribution is -2.42. The van der Waals surface area contributed by atoms with Gasteiger partial charge in [-0.2, -0.15) is 0 Å². The molecule has 0 aliphatic carbocycles. The molecule has 0 amide bonds. The number of methoxy groups -OCH3 is 1. The number of nitrogens with one attached hydrogen (secondary N) is 1. The Morgan fingerprint density at radius 2 is 1.86 bits per heavy atom. The molecule has 1 saturated heterocycles. The molecule has 7 heteroatoms. The van der Waals surface area contributed by atoms with E-state index < -0.39 is 17.7 Å². The molecule has 112 valence electrons. The molecular weight excluding hydrogens is 342 g/mol. The average molecular weight is 356 g/mol. The van der Waals surface area contributed by atoms with Gasteiger partial charge < -0.3 is 19.5 Å². The smallest absolute Gasteiger partial charge is 0.350 e. The standard InChI is InChI=1S/C14H14BrNO5/c1-14(2)20-12(17)9(13(18)21-14)7-16-8-4-5-10(15)11(6-8)19-3/h4-7,16H,1-3H3. The number of benzene rings is 1. The SMILES string of the molecule is COc1cc(NC=C2C(=O)OC(C)(C)OC2=O)ccc1Br. The van der Waals surface area contributed by atoms with Crippen molar-refractivity contribution in [1.29, 1.82) is 0 Å². The minimum atomic E-state index is -1.24. The first-order chi connectivity index (χ1) is 9.82. The largest absolute Gasteiger partial charge is 0.495 e. The van der Waals surface area contributed by atoms with Gasteiger partial charge in [0.2, 0.25) is 0 Å². The lowest BCUT2D eigenvalue weighted by molar-refractivity contribution is -0.222. The van der Waals surface area contributed by atoms with Gasteiger partial charge in [0.1, 0.15) is 5.75 Å². The zero-order valence-electron chi connectivity index (χ0n) is 11.7. The minimum absolute atomic E-state index is 0.198. The Labute approximate surface area is 130 Å². The van der Waals surface area contributed by atoms with Crippen LogP contribution in [-0.4, -0.2) is 24.8 Å². The number of anilines is 1. The topological polar surface area (TPSA) is 73.9 Å². The van der Waals surface area contributed by atoms with E-state index in [2.05, 4.69) is 21.2 Å². The summed E-state index contributed by atoms with van der Waals surface area (Å²) in [5.41, 5.74) is 0.448. The summed E-state index contributed by atoms with van der Waals surface area (Å²) >= 11 is 3.33. The van der Waals surface area contributed by atoms with Crippen LogP contribution in [0.2, 0.25) is 0 Å². The quantitative estimate of drug-likeness (QED) is 0.510. The van der Waals surface area contributed by atoms with E-state index >= 15 is 0 Å². The molecule has 0 radical (unpaired) electrons. The van der Waals surface area contributed by atoms with E-state index in [9.17, 15) is 9.59 Å². The van der Waals surface area contributed by atoms with Gasteiger partial charge in [0.25, 0.3) is 5.79 Å². The van der Waals surface area contributed by atoms with Crippen molar-refractivity contribution in [3.63, 3.8) is 0 Å². The van der Waals surface area contributed by atoms with Crippen LogP contribution in [0.15, 0.2) is 34.4 Å². The number of cyclic esters (lactones) is 2. The van der Waals surface area contributed by atoms with Crippen molar-refractivity contribution in [2.24, 2.45) is 0 Å². The molecule has 1 aliphatic heterocycles. The first kappa shape index (κ1) is 15.4. The fraction of sp³-hybridized carbons (Fsp3) is 0.286. The zero-order chi connectivity index (χ0) is 15.6. The van der Waals surface area contributed by atoms with Crippen LogP contribution in [0.3, 0.4) is 0 Å². The Balaban J connectivity index is 2.17. The third kappa shape index (κ3) is 3.55. The maximum absolute atomic E-state index is 11.8. The molecule has 0 atom stereocenters. The molecule has 0 aromatic heterocycles. The molecule has 21 heavy (non-hydrogen) atoms. The third-order valence-electron chi connectivity index (χ3n) is 2.65. The summed E-state index contributed by atoms with van der Waals surface area (Å²) in [6.45, 7) is 2.99. The number of carbonyl (C=O) groups is 2. The molecule has 0 saturated carbocycles. The average Bonchev–Trinajstić information content (AvgIpc) is 2.38. The molecule has 1 fully saturated rings. The predicted octanol–water partition coefficient (Wildman–Crippen LogP) is 2.59. The van der Waals surface area contributed by atoms with Gasteiger partial charge in [-0.05, 0) is 28.1 Å². The van der Waals surface area contributed by atoms with E-state index in [1.165, 1.54) is 20.0 Å². The zero-order valence-corrected chi connectivity index (χ0v) is 13.3. The van der Waals surface area contributed by atoms with Crippen molar-refractivity contribution >= 4 is 33.6 Å². The fourth-order valence-corrected chi connectivity index (χ4v) is 2.09. The van der Waals surface area contributed by atoms with E-state index in [4.69, 9.17) is 14.2 Å². The summed E-state index contributed by atoms with van der Waals surface area (Å²) in [5.74, 6) is -2.08. The lowest BCUT2D eigenvalue weighted by Gasteiger charge is -2.29. The van der Waals surface area contributed by atoms with Crippen LogP contribution in [0.25, 0.3) is 0 Å². The van der Waals surface area contributed by atoms with Crippen LogP contribution < -0.4 is 10.1 Å². The van der Waals surface area contributed by atoms with E-state index in [0.29, 0.717) is 11.4 Å². The summed E-state index contributed by atoms with van der Waals surface area (Å²) in [4.78, 5) is 23.5. The first-order valence-electron chi connectivity index (χ1n) is 6.09. The van der Waals surface area contributed by atoms with E-state index in [1.807, 2.05) is 0 Å². The highest BCUT2D eigenvalue weighted by Crippen LogP contribution is 2.28. The van der Waals surface area contributed by atoms with Gasteiger partial charge in [-0.1, -0.05) is 0 Å². The van der Waals surface area contributed by atoms with Crippen molar-refractivity contribution in [1.82, 2.24) is 0 Å². The van der Waals surface area contributed by atoms with Gasteiger partial charge in [0.15, 0.2) is 5.57 Å². The Morgan fingerprint density at radius 3 is 2.43 bits per heavy atom. The highest BCUT2D eigenvalue weighted by molar-refractivity contribution is 9.10. The van der Waals surface area contributed by atoms with Crippen molar-refractivity contribution in [2.75, 3.05) is 12.4 Å². The van der Waals surface area contributed by atoms with Crippen LogP contribution in [0, 0.1) is 0 Å². The molecule has 0 bridgehead atoms. The maximum Gasteiger partial charge on any atom is 0.350 e. The number of hydrogen-bond donors (Lipinski definition) is 1. The van der Waals surface area contributed by atoms with Crippen LogP contribution >= 0.6 is 15.9 Å². The van der Waals surface area contributed by atoms with Gasteiger partial charge in [0.05, 0.1) is 11.6 Å². The fourth-order valence-electron chi connectivity index (χ4n) is 1.68. The molecule has 1 N–H and O–H groups in total. The molecule has 1 heterocycles. The Hall–Kier alpha value is -2.02. The summed E-state index contributed by atoms with van der Waals surface area (Å²) in [5, 5.41) is 2.84. The molecule has 1 aliphatic rings. The van der Waals surface area contributed by atoms with Gasteiger partial charge in [-0.15, -0.1) is 0 Å². The molecule has 1 aromatic rings. The van der Waals surface area contributed by atoms with E-state index in [1.54, 1.807) is 25.3 Å². The molecule has 0 unspecified atom stereocenters. The van der Waals surface area contributed by atoms with Crippen LogP contribution in [0.4, 0.5) is 5.69 Å². The van der Waals surface area contributed by atoms with E-state index in [0.717, 1.165) is 4.47 Å². The second-order valence-corrected chi connectivity index (χ2v) is 5.58. The van der Waals surface area contributed by atoms with E-state index in [-0.39, 0.29) is 5.57 Å². The second-order valence-electron chi connectivity index (χ2n) is 4.73. The normalized spacial score (nSPS) is 16.9. The predicted molar refractivity (Wildman–Crippen MR) is 78.7 cm³/mol. The number of hydrogen-bond acceptors (Lipinski definition) is 6. The summed E-state index contributed by atoms with van der Waals surface area (Å²) < 4.78 is 15.9. The monoisotopic (exact) mass is 355 g/mol. The van der Waals surface area contributed by atoms with Gasteiger partial charge in [-0.3, -0.25) is 0 Å². The van der Waals surface area contributed by atoms with Crippen molar-refractivity contribution in [3.8, 4) is 5.75 Å². The van der Waals surface area contributed by atoms with Crippen molar-refractivity contribution in [3.05, 3.63) is 34.4 Å². The summed E-state index contributed by atoms with van der Waals surface area (Å²) in [7, 11) is 1.54. The maximum atomic E-state index is 11.8. The van der Waals surface area contributed by atoms with Crippen molar-refractivity contribution in [2.45, 2.75) is 19.6 Å². The number of ether oxygens (including phenoxy) is 3. The molecular formula is C14H14BrNO5. The first-order valence-corrected chi connectivity index (χ1v) is 6.88. The molecule has 1 aromatic carbocycles. The highest BCUT2D eigenvalue weighted by Gasteiger charge is 2.38. The Bertz CT molecular complexity index is 602. The Morgan fingerprint density at radius 1 is 1.24 bits per heavy atom. The summed E-state index contributed by atoms with van der Waals surface area (Å²) in [6, 6.07) is 5.25. The number of halogens is 1. The van der Waals surface area contributed by atoms with Gasteiger partial charge >= 0.3 is 11.9 Å². The number of esters is 2. The minimum Gasteiger partial charge on any atom is -0.495 e. The number of carbonyl (C=O) groups excluding carboxylic acids is 2. The van der Waals surface area contributed by atoms with Crippen LogP contribution in [0.5, 0.6) is 5.75 Å². The molecule has 6 nitrogen and oxygen atoms in total. The van der Waals surface area contributed by atoms with Crippen LogP contribution in [-0.2, 0) is 19.1 Å². The van der Waals surface area contributed by atoms with Gasteiger partial charge in [-0.25, -0.2) is 9.59 Å². The third-order valence-corrected chi connectivity index (χ3v) is 3.31. The molecule has 0 spiro atoms. The van der Waals surface area contributed by atoms with Gasteiger partial charge in [0, 0.05) is 31.8 Å².